The Morgan fingerprint density at radius 1 is 1.30 bits per heavy atom. The van der Waals surface area contributed by atoms with Crippen LogP contribution < -0.4 is 9.57 Å². The van der Waals surface area contributed by atoms with Crippen molar-refractivity contribution in [3.63, 3.8) is 0 Å². The van der Waals surface area contributed by atoms with Gasteiger partial charge in [0.05, 0.1) is 19.1 Å². The van der Waals surface area contributed by atoms with E-state index in [4.69, 9.17) is 28.1 Å². The van der Waals surface area contributed by atoms with Crippen LogP contribution in [0.1, 0.15) is 35.2 Å². The van der Waals surface area contributed by atoms with Crippen LogP contribution in [-0.2, 0) is 11.2 Å². The summed E-state index contributed by atoms with van der Waals surface area (Å²) >= 11 is 10.8. The van der Waals surface area contributed by atoms with Gasteiger partial charge >= 0.3 is 0 Å². The van der Waals surface area contributed by atoms with E-state index in [0.29, 0.717) is 23.6 Å². The first-order valence-electron chi connectivity index (χ1n) is 6.28. The Hall–Kier alpha value is -1.26. The van der Waals surface area contributed by atoms with Crippen molar-refractivity contribution in [2.24, 2.45) is 0 Å². The van der Waals surface area contributed by atoms with E-state index in [2.05, 4.69) is 0 Å². The maximum absolute atomic E-state index is 12.1. The average molecular weight is 318 g/mol. The van der Waals surface area contributed by atoms with Crippen molar-refractivity contribution in [3.05, 3.63) is 29.3 Å². The first kappa shape index (κ1) is 16.8. The van der Waals surface area contributed by atoms with Gasteiger partial charge in [0.25, 0.3) is 0 Å². The standard InChI is InChI=1S/C14H17Cl2NO3/c1-20-13-8-10(9-14(19)17-16)5-6-11(13)12(18)4-2-3-7-15/h5-6,8H,2-4,7,9H2,1H3,(H,17,19). The Kier molecular flexibility index (Phi) is 7.41. The second kappa shape index (κ2) is 8.82. The summed E-state index contributed by atoms with van der Waals surface area (Å²) in [5, 5.41) is 0. The van der Waals surface area contributed by atoms with Gasteiger partial charge in [-0.3, -0.25) is 14.4 Å². The van der Waals surface area contributed by atoms with E-state index in [9.17, 15) is 9.59 Å². The highest BCUT2D eigenvalue weighted by Crippen LogP contribution is 2.23. The van der Waals surface area contributed by atoms with Crippen LogP contribution in [0.4, 0.5) is 0 Å². The van der Waals surface area contributed by atoms with E-state index >= 15 is 0 Å². The number of ketones is 1. The number of carbonyl (C=O) groups is 2. The Labute approximate surface area is 128 Å². The first-order chi connectivity index (χ1) is 9.62. The summed E-state index contributed by atoms with van der Waals surface area (Å²) in [6, 6.07) is 5.09. The molecule has 0 saturated carbocycles. The maximum atomic E-state index is 12.1. The molecule has 1 N–H and O–H groups in total. The van der Waals surface area contributed by atoms with Crippen LogP contribution >= 0.6 is 23.4 Å². The molecule has 4 nitrogen and oxygen atoms in total. The van der Waals surface area contributed by atoms with Crippen molar-refractivity contribution in [2.45, 2.75) is 25.7 Å². The Bertz CT molecular complexity index is 477. The first-order valence-corrected chi connectivity index (χ1v) is 7.19. The number of ether oxygens (including phenoxy) is 1. The summed E-state index contributed by atoms with van der Waals surface area (Å²) in [4.78, 5) is 25.3. The number of rotatable bonds is 8. The topological polar surface area (TPSA) is 55.4 Å². The highest BCUT2D eigenvalue weighted by Gasteiger charge is 2.13. The van der Waals surface area contributed by atoms with Crippen LogP contribution in [0.25, 0.3) is 0 Å². The number of benzene rings is 1. The van der Waals surface area contributed by atoms with E-state index in [0.717, 1.165) is 18.4 Å². The van der Waals surface area contributed by atoms with E-state index in [1.54, 1.807) is 18.2 Å². The molecule has 6 heteroatoms. The lowest BCUT2D eigenvalue weighted by Gasteiger charge is -2.09. The minimum atomic E-state index is -0.310. The fourth-order valence-corrected chi connectivity index (χ4v) is 2.07. The number of halogens is 2. The molecule has 0 bridgehead atoms. The third-order valence-electron chi connectivity index (χ3n) is 2.82. The smallest absolute Gasteiger partial charge is 0.238 e. The number of hydrogen-bond acceptors (Lipinski definition) is 3. The molecule has 1 amide bonds. The molecular weight excluding hydrogens is 301 g/mol. The monoisotopic (exact) mass is 317 g/mol. The van der Waals surface area contributed by atoms with Crippen LogP contribution in [0, 0.1) is 0 Å². The van der Waals surface area contributed by atoms with E-state index in [-0.39, 0.29) is 18.1 Å². The Balaban J connectivity index is 2.82. The van der Waals surface area contributed by atoms with Gasteiger partial charge in [0.2, 0.25) is 5.91 Å². The summed E-state index contributed by atoms with van der Waals surface area (Å²) in [6.07, 6.45) is 2.14. The number of hydrogen-bond donors (Lipinski definition) is 1. The van der Waals surface area contributed by atoms with Gasteiger partial charge in [0.1, 0.15) is 5.75 Å². The summed E-state index contributed by atoms with van der Waals surface area (Å²) < 4.78 is 5.22. The van der Waals surface area contributed by atoms with Crippen LogP contribution in [0.15, 0.2) is 18.2 Å². The van der Waals surface area contributed by atoms with Gasteiger partial charge in [-0.15, -0.1) is 11.6 Å². The molecule has 0 atom stereocenters. The fraction of sp³-hybridized carbons (Fsp3) is 0.429. The van der Waals surface area contributed by atoms with Crippen LogP contribution in [0.2, 0.25) is 0 Å². The normalized spacial score (nSPS) is 10.2. The molecule has 0 saturated heterocycles. The number of methoxy groups -OCH3 is 1. The summed E-state index contributed by atoms with van der Waals surface area (Å²) in [5.74, 6) is 0.729. The molecule has 0 heterocycles. The van der Waals surface area contributed by atoms with Gasteiger partial charge in [0, 0.05) is 24.1 Å². The molecule has 0 aliphatic carbocycles. The molecule has 0 aliphatic rings. The average Bonchev–Trinajstić information content (AvgIpc) is 2.47. The summed E-state index contributed by atoms with van der Waals surface area (Å²) in [5.41, 5.74) is 1.26. The Morgan fingerprint density at radius 2 is 2.05 bits per heavy atom. The van der Waals surface area contributed by atoms with E-state index in [1.165, 1.54) is 7.11 Å². The molecule has 0 spiro atoms. The third kappa shape index (κ3) is 5.02. The van der Waals surface area contributed by atoms with Crippen LogP contribution in [0.3, 0.4) is 0 Å². The second-order valence-electron chi connectivity index (χ2n) is 4.30. The molecular formula is C14H17Cl2NO3. The number of amides is 1. The molecule has 0 fully saturated rings. The molecule has 0 aliphatic heterocycles. The largest absolute Gasteiger partial charge is 0.496 e. The van der Waals surface area contributed by atoms with Crippen molar-refractivity contribution >= 4 is 35.1 Å². The van der Waals surface area contributed by atoms with Gasteiger partial charge in [0.15, 0.2) is 5.78 Å². The number of nitrogens with one attached hydrogen (secondary N) is 1. The van der Waals surface area contributed by atoms with E-state index in [1.807, 2.05) is 4.84 Å². The van der Waals surface area contributed by atoms with Gasteiger partial charge in [-0.1, -0.05) is 6.07 Å². The van der Waals surface area contributed by atoms with Gasteiger partial charge < -0.3 is 4.74 Å². The Morgan fingerprint density at radius 3 is 2.65 bits per heavy atom. The lowest BCUT2D eigenvalue weighted by atomic mass is 10.0. The number of unbranched alkanes of at least 4 members (excludes halogenated alkanes) is 1. The second-order valence-corrected chi connectivity index (χ2v) is 4.87. The highest BCUT2D eigenvalue weighted by atomic mass is 35.5. The predicted octanol–water partition coefficient (Wildman–Crippen LogP) is 3.10. The van der Waals surface area contributed by atoms with Gasteiger partial charge in [-0.25, -0.2) is 0 Å². The van der Waals surface area contributed by atoms with Crippen molar-refractivity contribution < 1.29 is 14.3 Å². The zero-order valence-electron chi connectivity index (χ0n) is 11.2. The van der Waals surface area contributed by atoms with Crippen molar-refractivity contribution in [1.82, 2.24) is 4.84 Å². The number of alkyl halides is 1. The van der Waals surface area contributed by atoms with E-state index < -0.39 is 0 Å². The molecule has 1 aromatic carbocycles. The lowest BCUT2D eigenvalue weighted by Crippen LogP contribution is -2.15. The van der Waals surface area contributed by atoms with Crippen LogP contribution in [0.5, 0.6) is 5.75 Å². The van der Waals surface area contributed by atoms with Crippen molar-refractivity contribution in [3.8, 4) is 5.75 Å². The minimum Gasteiger partial charge on any atom is -0.496 e. The minimum absolute atomic E-state index is 0.0142. The lowest BCUT2D eigenvalue weighted by molar-refractivity contribution is -0.118. The highest BCUT2D eigenvalue weighted by molar-refractivity contribution is 6.21. The van der Waals surface area contributed by atoms with Crippen molar-refractivity contribution in [1.29, 1.82) is 0 Å². The molecule has 0 unspecified atom stereocenters. The summed E-state index contributed by atoms with van der Waals surface area (Å²) in [6.45, 7) is 0. The third-order valence-corrected chi connectivity index (χ3v) is 3.30. The molecule has 0 radical (unpaired) electrons. The molecule has 20 heavy (non-hydrogen) atoms. The predicted molar refractivity (Wildman–Crippen MR) is 79.6 cm³/mol. The summed E-state index contributed by atoms with van der Waals surface area (Å²) in [7, 11) is 1.50. The zero-order valence-corrected chi connectivity index (χ0v) is 12.8. The molecule has 0 aromatic heterocycles. The maximum Gasteiger partial charge on any atom is 0.238 e. The van der Waals surface area contributed by atoms with Gasteiger partial charge in [-0.05, 0) is 30.5 Å². The number of carbonyl (C=O) groups excluding carboxylic acids is 2. The number of Topliss-reactive ketones (excluding diaryl/α,β-unsaturated/α-hetero) is 1. The molecule has 110 valence electrons. The molecule has 1 aromatic rings. The fourth-order valence-electron chi connectivity index (χ4n) is 1.81. The molecule has 1 rings (SSSR count). The van der Waals surface area contributed by atoms with Gasteiger partial charge in [-0.2, -0.15) is 0 Å². The SMILES string of the molecule is COc1cc(CC(=O)NCl)ccc1C(=O)CCCCCl. The van der Waals surface area contributed by atoms with Crippen molar-refractivity contribution in [2.75, 3.05) is 13.0 Å². The zero-order chi connectivity index (χ0) is 15.0. The van der Waals surface area contributed by atoms with Crippen LogP contribution in [-0.4, -0.2) is 24.7 Å². The quantitative estimate of drug-likeness (QED) is 0.347.